The molecule has 3 saturated carbocycles. The topological polar surface area (TPSA) is 77.8 Å². The molecule has 3 fully saturated rings. The first-order chi connectivity index (χ1) is 13.3. The van der Waals surface area contributed by atoms with Crippen LogP contribution in [-0.4, -0.2) is 38.9 Å². The molecule has 0 saturated heterocycles. The van der Waals surface area contributed by atoms with Gasteiger partial charge in [-0.25, -0.2) is 0 Å². The van der Waals surface area contributed by atoms with E-state index in [9.17, 15) is 20.1 Å². The molecule has 3 N–H and O–H groups in total. The summed E-state index contributed by atoms with van der Waals surface area (Å²) < 4.78 is 0. The largest absolute Gasteiger partial charge is 0.392 e. The van der Waals surface area contributed by atoms with Crippen molar-refractivity contribution in [3.05, 3.63) is 11.6 Å². The van der Waals surface area contributed by atoms with E-state index in [1.165, 1.54) is 19.4 Å². The maximum atomic E-state index is 12.5. The number of Topliss-reactive ketones (excluding diaryl/α,β-unsaturated/α-hetero) is 1. The van der Waals surface area contributed by atoms with Crippen molar-refractivity contribution in [1.29, 1.82) is 0 Å². The molecule has 0 heterocycles. The van der Waals surface area contributed by atoms with E-state index in [2.05, 4.69) is 33.8 Å². The molecule has 4 aliphatic rings. The van der Waals surface area contributed by atoms with Gasteiger partial charge < -0.3 is 15.3 Å². The Labute approximate surface area is 175 Å². The fraction of sp³-hybridized carbons (Fsp3) is 0.880. The molecule has 1 spiro atoms. The molecule has 9 atom stereocenters. The molecule has 2 unspecified atom stereocenters. The Hall–Kier alpha value is -0.710. The predicted octanol–water partition coefficient (Wildman–Crippen LogP) is 3.87. The van der Waals surface area contributed by atoms with Gasteiger partial charge in [-0.1, -0.05) is 39.3 Å². The van der Waals surface area contributed by atoms with Crippen LogP contribution in [0, 0.1) is 39.9 Å². The predicted molar refractivity (Wildman–Crippen MR) is 113 cm³/mol. The van der Waals surface area contributed by atoms with Crippen molar-refractivity contribution in [2.24, 2.45) is 39.9 Å². The lowest BCUT2D eigenvalue weighted by atomic mass is 9.49. The van der Waals surface area contributed by atoms with Crippen molar-refractivity contribution >= 4 is 5.78 Å². The van der Waals surface area contributed by atoms with Crippen molar-refractivity contribution in [2.75, 3.05) is 0 Å². The van der Waals surface area contributed by atoms with Crippen molar-refractivity contribution in [3.8, 4) is 0 Å². The first-order valence-electron chi connectivity index (χ1n) is 11.6. The Morgan fingerprint density at radius 3 is 2.52 bits per heavy atom. The Morgan fingerprint density at radius 2 is 1.90 bits per heavy atom. The molecule has 0 radical (unpaired) electrons. The summed E-state index contributed by atoms with van der Waals surface area (Å²) in [5.74, 6) is 1.16. The standard InChI is InChI=1S/C25H40O4/c1-14-11-19(27)25-15(2)7-8-16(25)20-23(5,12-17(14)25)9-10-24(20,6)13-18(26)21(28)22(3,4)29/h12,14-16,18-20,26-27,29H,7-11,13H2,1-6H3/t14-,15-,16-,18?,19+,20-,23+,24+,25?/m0/s1. The molecular formula is C25H40O4. The van der Waals surface area contributed by atoms with E-state index in [-0.39, 0.29) is 22.3 Å². The van der Waals surface area contributed by atoms with Gasteiger partial charge in [0.1, 0.15) is 11.7 Å². The van der Waals surface area contributed by atoms with Crippen LogP contribution in [0.5, 0.6) is 0 Å². The fourth-order valence-corrected chi connectivity index (χ4v) is 8.63. The van der Waals surface area contributed by atoms with Gasteiger partial charge in [0.15, 0.2) is 5.78 Å². The third kappa shape index (κ3) is 2.78. The minimum absolute atomic E-state index is 0.0537. The highest BCUT2D eigenvalue weighted by atomic mass is 16.3. The average Bonchev–Trinajstić information content (AvgIpc) is 3.16. The summed E-state index contributed by atoms with van der Waals surface area (Å²) in [5.41, 5.74) is -0.267. The van der Waals surface area contributed by atoms with Crippen molar-refractivity contribution in [3.63, 3.8) is 0 Å². The van der Waals surface area contributed by atoms with E-state index < -0.39 is 17.5 Å². The summed E-state index contributed by atoms with van der Waals surface area (Å²) in [6.45, 7) is 12.1. The second-order valence-corrected chi connectivity index (χ2v) is 12.1. The maximum Gasteiger partial charge on any atom is 0.192 e. The lowest BCUT2D eigenvalue weighted by Crippen LogP contribution is -2.53. The monoisotopic (exact) mass is 404 g/mol. The van der Waals surface area contributed by atoms with Gasteiger partial charge in [-0.3, -0.25) is 4.79 Å². The Kier molecular flexibility index (Phi) is 4.75. The zero-order chi connectivity index (χ0) is 21.6. The Balaban J connectivity index is 1.75. The lowest BCUT2D eigenvalue weighted by molar-refractivity contribution is -0.146. The van der Waals surface area contributed by atoms with Crippen LogP contribution in [0.4, 0.5) is 0 Å². The van der Waals surface area contributed by atoms with Gasteiger partial charge in [0, 0.05) is 5.41 Å². The van der Waals surface area contributed by atoms with Crippen LogP contribution < -0.4 is 0 Å². The van der Waals surface area contributed by atoms with E-state index in [0.29, 0.717) is 30.1 Å². The molecule has 0 aromatic carbocycles. The molecule has 4 heteroatoms. The van der Waals surface area contributed by atoms with Gasteiger partial charge >= 0.3 is 0 Å². The number of hydrogen-bond donors (Lipinski definition) is 3. The van der Waals surface area contributed by atoms with Crippen LogP contribution in [0.15, 0.2) is 11.6 Å². The number of fused-ring (bicyclic) bond motifs is 2. The number of carbonyl (C=O) groups is 1. The van der Waals surface area contributed by atoms with Gasteiger partial charge in [-0.2, -0.15) is 0 Å². The van der Waals surface area contributed by atoms with Crippen LogP contribution in [0.2, 0.25) is 0 Å². The highest BCUT2D eigenvalue weighted by Crippen LogP contribution is 2.74. The number of aliphatic hydroxyl groups excluding tert-OH is 2. The number of hydrogen-bond acceptors (Lipinski definition) is 4. The van der Waals surface area contributed by atoms with Crippen LogP contribution in [0.3, 0.4) is 0 Å². The zero-order valence-corrected chi connectivity index (χ0v) is 19.0. The number of ketones is 1. The van der Waals surface area contributed by atoms with E-state index in [1.807, 2.05) is 0 Å². The number of allylic oxidation sites excluding steroid dienone is 1. The van der Waals surface area contributed by atoms with Crippen LogP contribution >= 0.6 is 0 Å². The van der Waals surface area contributed by atoms with Crippen LogP contribution in [0.1, 0.15) is 80.1 Å². The van der Waals surface area contributed by atoms with Gasteiger partial charge in [-0.05, 0) is 86.9 Å². The molecule has 4 nitrogen and oxygen atoms in total. The molecule has 0 aromatic heterocycles. The molecular weight excluding hydrogens is 364 g/mol. The molecule has 0 bridgehead atoms. The Morgan fingerprint density at radius 1 is 1.24 bits per heavy atom. The summed E-state index contributed by atoms with van der Waals surface area (Å²) >= 11 is 0. The molecule has 0 aliphatic heterocycles. The quantitative estimate of drug-likeness (QED) is 0.622. The second kappa shape index (κ2) is 6.40. The van der Waals surface area contributed by atoms with Crippen LogP contribution in [-0.2, 0) is 4.79 Å². The van der Waals surface area contributed by atoms with Gasteiger partial charge in [0.25, 0.3) is 0 Å². The molecule has 4 rings (SSSR count). The minimum Gasteiger partial charge on any atom is -0.392 e. The molecule has 0 aromatic rings. The average molecular weight is 405 g/mol. The Bertz CT molecular complexity index is 736. The first-order valence-corrected chi connectivity index (χ1v) is 11.6. The first kappa shape index (κ1) is 21.5. The van der Waals surface area contributed by atoms with E-state index in [4.69, 9.17) is 0 Å². The zero-order valence-electron chi connectivity index (χ0n) is 19.0. The fourth-order valence-electron chi connectivity index (χ4n) is 8.63. The summed E-state index contributed by atoms with van der Waals surface area (Å²) in [4.78, 5) is 12.5. The third-order valence-corrected chi connectivity index (χ3v) is 9.65. The normalized spacial score (nSPS) is 50.0. The van der Waals surface area contributed by atoms with Crippen molar-refractivity contribution in [1.82, 2.24) is 0 Å². The lowest BCUT2D eigenvalue weighted by Gasteiger charge is -2.55. The second-order valence-electron chi connectivity index (χ2n) is 12.1. The smallest absolute Gasteiger partial charge is 0.192 e. The van der Waals surface area contributed by atoms with E-state index in [1.54, 1.807) is 0 Å². The minimum atomic E-state index is -1.52. The summed E-state index contributed by atoms with van der Waals surface area (Å²) in [7, 11) is 0. The van der Waals surface area contributed by atoms with E-state index >= 15 is 0 Å². The van der Waals surface area contributed by atoms with Gasteiger partial charge in [0.05, 0.1) is 6.10 Å². The SMILES string of the molecule is C[C@H]1C[C@@H](O)C23C1=C[C@@]1(C)CC[C@](C)(CC(O)C(=O)C(C)(C)O)[C@H]1[C@@H]2CC[C@@H]3C. The molecule has 4 aliphatic carbocycles. The highest BCUT2D eigenvalue weighted by molar-refractivity contribution is 5.90. The number of aliphatic hydroxyl groups is 3. The molecule has 164 valence electrons. The van der Waals surface area contributed by atoms with Crippen LogP contribution in [0.25, 0.3) is 0 Å². The van der Waals surface area contributed by atoms with Crippen molar-refractivity contribution in [2.45, 2.75) is 97.9 Å². The maximum absolute atomic E-state index is 12.5. The molecule has 0 amide bonds. The summed E-state index contributed by atoms with van der Waals surface area (Å²) in [6.07, 6.45) is 6.63. The highest BCUT2D eigenvalue weighted by Gasteiger charge is 2.69. The summed E-state index contributed by atoms with van der Waals surface area (Å²) in [6, 6.07) is 0. The number of carbonyl (C=O) groups excluding carboxylic acids is 1. The van der Waals surface area contributed by atoms with Crippen molar-refractivity contribution < 1.29 is 20.1 Å². The summed E-state index contributed by atoms with van der Waals surface area (Å²) in [5, 5.41) is 32.2. The van der Waals surface area contributed by atoms with Gasteiger partial charge in [0.2, 0.25) is 0 Å². The number of rotatable bonds is 4. The molecule has 29 heavy (non-hydrogen) atoms. The van der Waals surface area contributed by atoms with Gasteiger partial charge in [-0.15, -0.1) is 0 Å². The van der Waals surface area contributed by atoms with E-state index in [0.717, 1.165) is 32.1 Å². The third-order valence-electron chi connectivity index (χ3n) is 9.65.